The van der Waals surface area contributed by atoms with Crippen LogP contribution in [0, 0.1) is 17.2 Å². The van der Waals surface area contributed by atoms with Crippen molar-refractivity contribution in [2.24, 2.45) is 5.92 Å². The zero-order chi connectivity index (χ0) is 28.3. The van der Waals surface area contributed by atoms with E-state index < -0.39 is 24.0 Å². The molecule has 0 spiro atoms. The average molecular weight is 558 g/mol. The number of nitrogens with zero attached hydrogens (tertiary/aromatic N) is 5. The Balaban J connectivity index is 1.18. The minimum absolute atomic E-state index is 0.00902. The van der Waals surface area contributed by atoms with E-state index in [1.807, 2.05) is 6.07 Å². The molecular formula is C27H30F3N7O3. The summed E-state index contributed by atoms with van der Waals surface area (Å²) >= 11 is 0. The van der Waals surface area contributed by atoms with Crippen molar-refractivity contribution in [3.63, 3.8) is 0 Å². The highest BCUT2D eigenvalue weighted by atomic mass is 19.4. The first-order valence-corrected chi connectivity index (χ1v) is 13.2. The molecule has 3 fully saturated rings. The quantitative estimate of drug-likeness (QED) is 0.554. The maximum atomic E-state index is 13.7. The highest BCUT2D eigenvalue weighted by Crippen LogP contribution is 2.35. The molecule has 0 saturated carbocycles. The van der Waals surface area contributed by atoms with Crippen LogP contribution in [0.2, 0.25) is 0 Å². The smallest absolute Gasteiger partial charge is 0.402 e. The van der Waals surface area contributed by atoms with E-state index in [0.29, 0.717) is 62.4 Å². The topological polar surface area (TPSA) is 114 Å². The van der Waals surface area contributed by atoms with E-state index in [0.717, 1.165) is 5.82 Å². The molecule has 0 aliphatic carbocycles. The van der Waals surface area contributed by atoms with Crippen molar-refractivity contribution >= 4 is 17.6 Å². The van der Waals surface area contributed by atoms with Crippen LogP contribution in [0.5, 0.6) is 5.75 Å². The number of likely N-dealkylation sites (tertiary alicyclic amines) is 1. The van der Waals surface area contributed by atoms with Crippen molar-refractivity contribution < 1.29 is 27.5 Å². The van der Waals surface area contributed by atoms with E-state index in [1.165, 1.54) is 6.20 Å². The summed E-state index contributed by atoms with van der Waals surface area (Å²) in [5, 5.41) is 8.95. The number of amides is 2. The summed E-state index contributed by atoms with van der Waals surface area (Å²) in [5.74, 6) is -2.09. The van der Waals surface area contributed by atoms with Gasteiger partial charge >= 0.3 is 6.18 Å². The summed E-state index contributed by atoms with van der Waals surface area (Å²) in [4.78, 5) is 35.1. The molecule has 2 unspecified atom stereocenters. The maximum absolute atomic E-state index is 13.7. The summed E-state index contributed by atoms with van der Waals surface area (Å²) in [6.45, 7) is 2.80. The predicted molar refractivity (Wildman–Crippen MR) is 138 cm³/mol. The first-order chi connectivity index (χ1) is 19.2. The number of carbonyl (C=O) groups is 2. The van der Waals surface area contributed by atoms with E-state index in [4.69, 9.17) is 10.00 Å². The third kappa shape index (κ3) is 5.97. The van der Waals surface area contributed by atoms with Gasteiger partial charge in [0.15, 0.2) is 5.92 Å². The Kier molecular flexibility index (Phi) is 8.09. The van der Waals surface area contributed by atoms with Gasteiger partial charge in [-0.25, -0.2) is 10.4 Å². The van der Waals surface area contributed by atoms with E-state index in [1.54, 1.807) is 46.2 Å². The van der Waals surface area contributed by atoms with Crippen LogP contribution < -0.4 is 20.5 Å². The summed E-state index contributed by atoms with van der Waals surface area (Å²) in [6.07, 6.45) is -1.76. The summed E-state index contributed by atoms with van der Waals surface area (Å²) in [6, 6.07) is 11.1. The number of benzene rings is 1. The van der Waals surface area contributed by atoms with Crippen molar-refractivity contribution in [1.82, 2.24) is 25.6 Å². The number of aromatic nitrogens is 1. The number of carbonyl (C=O) groups excluding carboxylic acids is 2. The van der Waals surface area contributed by atoms with Crippen LogP contribution in [0.25, 0.3) is 0 Å². The molecular weight excluding hydrogens is 527 g/mol. The summed E-state index contributed by atoms with van der Waals surface area (Å²) in [7, 11) is 0. The van der Waals surface area contributed by atoms with Crippen LogP contribution in [0.4, 0.5) is 19.0 Å². The SMILES string of the molecule is N#Cc1ccc(N2CCN(C(=O)c3cccc(OC[C@H]4CCCN4C4CNNC(=O)C4C(F)(F)F)c3)CC2)nc1. The van der Waals surface area contributed by atoms with Gasteiger partial charge < -0.3 is 14.5 Å². The van der Waals surface area contributed by atoms with Gasteiger partial charge in [-0.2, -0.15) is 18.4 Å². The number of nitriles is 1. The molecule has 4 heterocycles. The number of hydrazine groups is 1. The molecule has 3 aliphatic rings. The van der Waals surface area contributed by atoms with Gasteiger partial charge in [0.05, 0.1) is 5.56 Å². The van der Waals surface area contributed by atoms with E-state index in [2.05, 4.69) is 20.7 Å². The van der Waals surface area contributed by atoms with Crippen LogP contribution in [0.15, 0.2) is 42.6 Å². The normalized spacial score (nSPS) is 23.9. The lowest BCUT2D eigenvalue weighted by atomic mass is 9.94. The minimum Gasteiger partial charge on any atom is -0.492 e. The molecule has 2 amide bonds. The Morgan fingerprint density at radius 2 is 1.95 bits per heavy atom. The first-order valence-electron chi connectivity index (χ1n) is 13.2. The number of hydrogen-bond acceptors (Lipinski definition) is 8. The van der Waals surface area contributed by atoms with Crippen molar-refractivity contribution in [2.45, 2.75) is 31.1 Å². The van der Waals surface area contributed by atoms with Gasteiger partial charge in [-0.3, -0.25) is 19.9 Å². The van der Waals surface area contributed by atoms with E-state index in [-0.39, 0.29) is 25.1 Å². The standard InChI is InChI=1S/C27H30F3N7O3/c28-27(29,30)24-22(16-33-34-25(24)38)37-8-2-4-20(37)17-40-21-5-1-3-19(13-21)26(39)36-11-9-35(10-12-36)23-7-6-18(14-31)15-32-23/h1,3,5-7,13,15,20,22,24,33H,2,4,8-12,16-17H2,(H,34,38)/t20-,22?,24?/m1/s1. The van der Waals surface area contributed by atoms with Crippen LogP contribution >= 0.6 is 0 Å². The van der Waals surface area contributed by atoms with Gasteiger partial charge in [0.25, 0.3) is 5.91 Å². The Hall–Kier alpha value is -3.89. The second-order valence-corrected chi connectivity index (χ2v) is 10.1. The molecule has 5 rings (SSSR count). The van der Waals surface area contributed by atoms with Gasteiger partial charge in [0.2, 0.25) is 5.91 Å². The lowest BCUT2D eigenvalue weighted by Crippen LogP contribution is -2.65. The molecule has 1 aromatic carbocycles. The Labute approximate surface area is 229 Å². The Morgan fingerprint density at radius 1 is 1.15 bits per heavy atom. The number of piperazine rings is 1. The molecule has 3 aliphatic heterocycles. The Morgan fingerprint density at radius 3 is 2.65 bits per heavy atom. The second-order valence-electron chi connectivity index (χ2n) is 10.1. The fraction of sp³-hybridized carbons (Fsp3) is 0.481. The molecule has 212 valence electrons. The third-order valence-corrected chi connectivity index (χ3v) is 7.68. The second kappa shape index (κ2) is 11.7. The van der Waals surface area contributed by atoms with Crippen molar-refractivity contribution in [3.8, 4) is 11.8 Å². The predicted octanol–water partition coefficient (Wildman–Crippen LogP) is 1.94. The molecule has 0 bridgehead atoms. The van der Waals surface area contributed by atoms with Crippen LogP contribution in [-0.4, -0.2) is 90.7 Å². The third-order valence-electron chi connectivity index (χ3n) is 7.68. The molecule has 13 heteroatoms. The number of rotatable bonds is 6. The lowest BCUT2D eigenvalue weighted by Gasteiger charge is -2.40. The lowest BCUT2D eigenvalue weighted by molar-refractivity contribution is -0.201. The largest absolute Gasteiger partial charge is 0.492 e. The molecule has 10 nitrogen and oxygen atoms in total. The molecule has 1 aromatic heterocycles. The van der Waals surface area contributed by atoms with Gasteiger partial charge in [-0.15, -0.1) is 0 Å². The first kappa shape index (κ1) is 27.7. The van der Waals surface area contributed by atoms with Crippen LogP contribution in [-0.2, 0) is 4.79 Å². The minimum atomic E-state index is -4.65. The summed E-state index contributed by atoms with van der Waals surface area (Å²) in [5.41, 5.74) is 5.65. The van der Waals surface area contributed by atoms with E-state index >= 15 is 0 Å². The Bertz CT molecular complexity index is 1260. The number of halogens is 3. The van der Waals surface area contributed by atoms with Gasteiger partial charge in [-0.1, -0.05) is 6.07 Å². The molecule has 3 atom stereocenters. The molecule has 2 aromatic rings. The monoisotopic (exact) mass is 557 g/mol. The number of alkyl halides is 3. The average Bonchev–Trinajstić information content (AvgIpc) is 3.44. The fourth-order valence-corrected chi connectivity index (χ4v) is 5.63. The van der Waals surface area contributed by atoms with Crippen LogP contribution in [0.3, 0.4) is 0 Å². The highest BCUT2D eigenvalue weighted by molar-refractivity contribution is 5.94. The zero-order valence-corrected chi connectivity index (χ0v) is 21.7. The number of anilines is 1. The molecule has 2 N–H and O–H groups in total. The van der Waals surface area contributed by atoms with E-state index in [9.17, 15) is 22.8 Å². The van der Waals surface area contributed by atoms with Gasteiger partial charge in [0, 0.05) is 56.6 Å². The zero-order valence-electron chi connectivity index (χ0n) is 21.7. The van der Waals surface area contributed by atoms with Crippen molar-refractivity contribution in [3.05, 3.63) is 53.7 Å². The molecule has 40 heavy (non-hydrogen) atoms. The molecule has 0 radical (unpaired) electrons. The summed E-state index contributed by atoms with van der Waals surface area (Å²) < 4.78 is 47.0. The van der Waals surface area contributed by atoms with Crippen molar-refractivity contribution in [1.29, 1.82) is 5.26 Å². The van der Waals surface area contributed by atoms with Crippen molar-refractivity contribution in [2.75, 3.05) is 50.8 Å². The number of pyridine rings is 1. The highest BCUT2D eigenvalue weighted by Gasteiger charge is 2.54. The maximum Gasteiger partial charge on any atom is 0.402 e. The number of hydrogen-bond donors (Lipinski definition) is 2. The molecule has 3 saturated heterocycles. The number of ether oxygens (including phenoxy) is 1. The van der Waals surface area contributed by atoms with Gasteiger partial charge in [-0.05, 0) is 49.7 Å². The van der Waals surface area contributed by atoms with Gasteiger partial charge in [0.1, 0.15) is 24.2 Å². The fourth-order valence-electron chi connectivity index (χ4n) is 5.63. The number of nitrogens with one attached hydrogen (secondary N) is 2. The van der Waals surface area contributed by atoms with Crippen LogP contribution in [0.1, 0.15) is 28.8 Å².